The highest BCUT2D eigenvalue weighted by Crippen LogP contribution is 2.31. The number of carbonyl (C=O) groups excluding carboxylic acids is 3. The molecule has 2 aliphatic rings. The van der Waals surface area contributed by atoms with Crippen molar-refractivity contribution in [2.45, 2.75) is 31.7 Å². The van der Waals surface area contributed by atoms with Crippen molar-refractivity contribution in [2.75, 3.05) is 39.1 Å². The fourth-order valence-electron chi connectivity index (χ4n) is 5.60. The number of hydrogen-bond acceptors (Lipinski definition) is 6. The molecule has 2 fully saturated rings. The number of urea groups is 1. The van der Waals surface area contributed by atoms with E-state index < -0.39 is 12.2 Å². The molecule has 0 aromatic heterocycles. The molecule has 0 radical (unpaired) electrons. The Morgan fingerprint density at radius 2 is 1.61 bits per heavy atom. The lowest BCUT2D eigenvalue weighted by atomic mass is 9.99. The summed E-state index contributed by atoms with van der Waals surface area (Å²) in [6.45, 7) is 0.973. The van der Waals surface area contributed by atoms with Gasteiger partial charge in [0, 0.05) is 46.3 Å². The minimum Gasteiger partial charge on any atom is -0.508 e. The molecule has 0 aliphatic carbocycles. The average Bonchev–Trinajstić information content (AvgIpc) is 3.30. The largest absolute Gasteiger partial charge is 0.508 e. The van der Waals surface area contributed by atoms with Crippen LogP contribution in [0.5, 0.6) is 5.75 Å². The number of fused-ring (bicyclic) bond motifs is 1. The summed E-state index contributed by atoms with van der Waals surface area (Å²) in [5, 5.41) is 15.9. The van der Waals surface area contributed by atoms with Gasteiger partial charge in [-0.15, -0.1) is 0 Å². The van der Waals surface area contributed by atoms with Crippen LogP contribution in [0.3, 0.4) is 0 Å². The van der Waals surface area contributed by atoms with E-state index in [1.54, 1.807) is 46.1 Å². The maximum absolute atomic E-state index is 14.0. The molecule has 0 unspecified atom stereocenters. The number of hydrogen-bond donors (Lipinski definition) is 2. The molecule has 2 saturated heterocycles. The second-order valence-electron chi connectivity index (χ2n) is 10.7. The van der Waals surface area contributed by atoms with Gasteiger partial charge in [-0.3, -0.25) is 14.6 Å². The summed E-state index contributed by atoms with van der Waals surface area (Å²) in [6, 6.07) is 23.2. The first-order valence-corrected chi connectivity index (χ1v) is 13.7. The number of nitrogens with zero attached hydrogens (tertiary/aromatic N) is 5. The zero-order valence-corrected chi connectivity index (χ0v) is 23.6. The molecule has 3 aromatic rings. The van der Waals surface area contributed by atoms with Gasteiger partial charge in [-0.25, -0.2) is 4.79 Å². The third-order valence-electron chi connectivity index (χ3n) is 7.73. The van der Waals surface area contributed by atoms with Gasteiger partial charge in [0.05, 0.1) is 13.1 Å². The summed E-state index contributed by atoms with van der Waals surface area (Å²) < 4.78 is 0. The van der Waals surface area contributed by atoms with Crippen LogP contribution in [0.1, 0.15) is 16.7 Å². The van der Waals surface area contributed by atoms with Crippen LogP contribution in [0, 0.1) is 0 Å². The second-order valence-corrected chi connectivity index (χ2v) is 10.7. The Labute approximate surface area is 240 Å². The Bertz CT molecular complexity index is 1400. The minimum atomic E-state index is -0.747. The SMILES string of the molecule is CN(C)c1ccccc1CN1C[C@H]2N(C(=O)CN2N(C)C(=O)NCc2ccccc2)[C@@H](Cc2ccc(O)cc2)C1=O. The van der Waals surface area contributed by atoms with E-state index in [2.05, 4.69) is 5.32 Å². The van der Waals surface area contributed by atoms with Crippen LogP contribution in [-0.2, 0) is 29.1 Å². The van der Waals surface area contributed by atoms with Gasteiger partial charge >= 0.3 is 6.03 Å². The van der Waals surface area contributed by atoms with Crippen LogP contribution in [0.25, 0.3) is 0 Å². The van der Waals surface area contributed by atoms with Crippen LogP contribution in [-0.4, -0.2) is 89.2 Å². The molecule has 10 nitrogen and oxygen atoms in total. The van der Waals surface area contributed by atoms with Crippen molar-refractivity contribution in [3.05, 3.63) is 95.6 Å². The number of phenolic OH excluding ortho intramolecular Hbond substituents is 1. The number of phenols is 1. The molecule has 2 N–H and O–H groups in total. The summed E-state index contributed by atoms with van der Waals surface area (Å²) in [4.78, 5) is 46.1. The molecule has 2 atom stereocenters. The summed E-state index contributed by atoms with van der Waals surface area (Å²) in [7, 11) is 5.58. The fraction of sp³-hybridized carbons (Fsp3) is 0.323. The molecule has 41 heavy (non-hydrogen) atoms. The van der Waals surface area contributed by atoms with Crippen LogP contribution >= 0.6 is 0 Å². The summed E-state index contributed by atoms with van der Waals surface area (Å²) in [5.41, 5.74) is 3.80. The molecule has 2 aliphatic heterocycles. The maximum atomic E-state index is 14.0. The van der Waals surface area contributed by atoms with Crippen molar-refractivity contribution < 1.29 is 19.5 Å². The van der Waals surface area contributed by atoms with Crippen molar-refractivity contribution in [2.24, 2.45) is 0 Å². The van der Waals surface area contributed by atoms with E-state index in [1.165, 1.54) is 5.01 Å². The van der Waals surface area contributed by atoms with E-state index in [1.807, 2.05) is 73.6 Å². The number of hydrazine groups is 1. The molecule has 5 rings (SSSR count). The third-order valence-corrected chi connectivity index (χ3v) is 7.73. The van der Waals surface area contributed by atoms with Crippen LogP contribution in [0.2, 0.25) is 0 Å². The normalized spacial score (nSPS) is 18.8. The number of nitrogens with one attached hydrogen (secondary N) is 1. The van der Waals surface area contributed by atoms with E-state index >= 15 is 0 Å². The molecule has 4 amide bonds. The van der Waals surface area contributed by atoms with E-state index in [9.17, 15) is 19.5 Å². The number of amides is 4. The first kappa shape index (κ1) is 28.0. The summed E-state index contributed by atoms with van der Waals surface area (Å²) in [6.07, 6.45) is -0.216. The van der Waals surface area contributed by atoms with Crippen LogP contribution in [0.15, 0.2) is 78.9 Å². The van der Waals surface area contributed by atoms with Gasteiger partial charge in [-0.05, 0) is 34.9 Å². The van der Waals surface area contributed by atoms with Gasteiger partial charge < -0.3 is 25.1 Å². The van der Waals surface area contributed by atoms with Crippen molar-refractivity contribution in [1.82, 2.24) is 25.1 Å². The molecule has 0 bridgehead atoms. The highest BCUT2D eigenvalue weighted by atomic mass is 16.3. The van der Waals surface area contributed by atoms with E-state index in [0.29, 0.717) is 19.5 Å². The summed E-state index contributed by atoms with van der Waals surface area (Å²) >= 11 is 0. The van der Waals surface area contributed by atoms with E-state index in [4.69, 9.17) is 0 Å². The Morgan fingerprint density at radius 3 is 2.32 bits per heavy atom. The number of anilines is 1. The molecular weight excluding hydrogens is 520 g/mol. The van der Waals surface area contributed by atoms with Gasteiger partial charge in [-0.2, -0.15) is 5.01 Å². The Hall–Kier alpha value is -4.57. The lowest BCUT2D eigenvalue weighted by Crippen LogP contribution is -2.65. The molecule has 214 valence electrons. The molecule has 2 heterocycles. The monoisotopic (exact) mass is 556 g/mol. The number of benzene rings is 3. The number of carbonyl (C=O) groups is 3. The van der Waals surface area contributed by atoms with E-state index in [-0.39, 0.29) is 36.7 Å². The zero-order chi connectivity index (χ0) is 29.1. The topological polar surface area (TPSA) is 99.7 Å². The predicted molar refractivity (Wildman–Crippen MR) is 156 cm³/mol. The number of para-hydroxylation sites is 1. The molecule has 0 saturated carbocycles. The Kier molecular flexibility index (Phi) is 8.11. The van der Waals surface area contributed by atoms with Crippen molar-refractivity contribution >= 4 is 23.5 Å². The number of piperazine rings is 1. The Balaban J connectivity index is 1.42. The van der Waals surface area contributed by atoms with Gasteiger partial charge in [0.1, 0.15) is 18.0 Å². The zero-order valence-electron chi connectivity index (χ0n) is 23.6. The third kappa shape index (κ3) is 5.97. The van der Waals surface area contributed by atoms with Gasteiger partial charge in [0.2, 0.25) is 11.8 Å². The smallest absolute Gasteiger partial charge is 0.332 e. The number of rotatable bonds is 8. The van der Waals surface area contributed by atoms with E-state index in [0.717, 1.165) is 22.4 Å². The highest BCUT2D eigenvalue weighted by molar-refractivity contribution is 5.92. The second kappa shape index (κ2) is 11.9. The lowest BCUT2D eigenvalue weighted by molar-refractivity contribution is -0.157. The van der Waals surface area contributed by atoms with Crippen LogP contribution < -0.4 is 10.2 Å². The molecule has 10 heteroatoms. The Morgan fingerprint density at radius 1 is 0.927 bits per heavy atom. The first-order valence-electron chi connectivity index (χ1n) is 13.7. The standard InChI is InChI=1S/C31H36N6O4/c1-33(2)26-12-8-7-11-24(26)19-35-20-28-36(34(3)31(41)32-18-23-9-5-4-6-10-23)21-29(39)37(28)27(30(35)40)17-22-13-15-25(38)16-14-22/h4-16,27-28,38H,17-21H2,1-3H3,(H,32,41)/t27-,28+/m0/s1. The van der Waals surface area contributed by atoms with Gasteiger partial charge in [0.25, 0.3) is 0 Å². The first-order chi connectivity index (χ1) is 19.7. The van der Waals surface area contributed by atoms with Gasteiger partial charge in [-0.1, -0.05) is 60.7 Å². The number of aromatic hydroxyl groups is 1. The fourth-order valence-corrected chi connectivity index (χ4v) is 5.60. The lowest BCUT2D eigenvalue weighted by Gasteiger charge is -2.46. The maximum Gasteiger partial charge on any atom is 0.332 e. The quantitative estimate of drug-likeness (QED) is 0.443. The summed E-state index contributed by atoms with van der Waals surface area (Å²) in [5.74, 6) is -0.215. The average molecular weight is 557 g/mol. The van der Waals surface area contributed by atoms with Gasteiger partial charge in [0.15, 0.2) is 0 Å². The minimum absolute atomic E-state index is 0.0125. The van der Waals surface area contributed by atoms with Crippen molar-refractivity contribution in [1.29, 1.82) is 0 Å². The van der Waals surface area contributed by atoms with Crippen LogP contribution in [0.4, 0.5) is 10.5 Å². The molecule has 3 aromatic carbocycles. The highest BCUT2D eigenvalue weighted by Gasteiger charge is 2.51. The molecule has 0 spiro atoms. The van der Waals surface area contributed by atoms with Crippen molar-refractivity contribution in [3.8, 4) is 5.75 Å². The van der Waals surface area contributed by atoms with Crippen molar-refractivity contribution in [3.63, 3.8) is 0 Å². The predicted octanol–water partition coefficient (Wildman–Crippen LogP) is 2.64. The molecular formula is C31H36N6O4.